The average molecular weight is 323 g/mol. The molecule has 1 heterocycles. The molecule has 0 amide bonds. The molecule has 0 atom stereocenters. The molecule has 23 heavy (non-hydrogen) atoms. The van der Waals surface area contributed by atoms with E-state index in [4.69, 9.17) is 10.00 Å². The Morgan fingerprint density at radius 2 is 2.17 bits per heavy atom. The normalized spacial score (nSPS) is 10.6. The predicted octanol–water partition coefficient (Wildman–Crippen LogP) is 3.31. The minimum absolute atomic E-state index is 0.0371. The number of carbonyl (C=O) groups excluding carboxylic acids is 2. The first-order valence-corrected chi connectivity index (χ1v) is 7.66. The Balaban J connectivity index is 2.44. The molecular weight excluding hydrogens is 310 g/mol. The van der Waals surface area contributed by atoms with Crippen LogP contribution >= 0.6 is 11.3 Å². The predicted molar refractivity (Wildman–Crippen MR) is 89.6 cm³/mol. The third-order valence-electron chi connectivity index (χ3n) is 3.10. The van der Waals surface area contributed by atoms with Crippen molar-refractivity contribution in [1.29, 1.82) is 5.26 Å². The van der Waals surface area contributed by atoms with Crippen LogP contribution in [-0.4, -0.2) is 18.4 Å². The standard InChI is InChI=1S/C18H13NO3S/c1-3-4-8-22-18(21)16(12(2)20)9-14-11-23-17-13(10-19)6-5-7-15(14)17/h5-7,9,11H,8H2,1-2H3/b16-9+. The van der Waals surface area contributed by atoms with Gasteiger partial charge in [0.2, 0.25) is 0 Å². The van der Waals surface area contributed by atoms with Gasteiger partial charge in [-0.3, -0.25) is 4.79 Å². The van der Waals surface area contributed by atoms with E-state index in [2.05, 4.69) is 17.9 Å². The highest BCUT2D eigenvalue weighted by molar-refractivity contribution is 7.17. The summed E-state index contributed by atoms with van der Waals surface area (Å²) in [5, 5.41) is 11.8. The van der Waals surface area contributed by atoms with E-state index in [1.807, 2.05) is 11.4 Å². The van der Waals surface area contributed by atoms with E-state index in [1.54, 1.807) is 19.1 Å². The Hall–Kier alpha value is -2.89. The maximum Gasteiger partial charge on any atom is 0.342 e. The number of nitrogens with zero attached hydrogens (tertiary/aromatic N) is 1. The molecule has 114 valence electrons. The van der Waals surface area contributed by atoms with Gasteiger partial charge in [0.05, 0.1) is 10.3 Å². The quantitative estimate of drug-likeness (QED) is 0.285. The van der Waals surface area contributed by atoms with Crippen molar-refractivity contribution >= 4 is 39.3 Å². The van der Waals surface area contributed by atoms with Gasteiger partial charge in [0.15, 0.2) is 12.4 Å². The SMILES string of the molecule is CC#CCOC(=O)/C(=C/c1csc2c(C#N)cccc12)C(C)=O. The minimum atomic E-state index is -0.698. The average Bonchev–Trinajstić information content (AvgIpc) is 2.95. The van der Waals surface area contributed by atoms with Gasteiger partial charge in [-0.05, 0) is 36.9 Å². The molecule has 0 radical (unpaired) electrons. The summed E-state index contributed by atoms with van der Waals surface area (Å²) in [5.41, 5.74) is 1.24. The number of ketones is 1. The fourth-order valence-corrected chi connectivity index (χ4v) is 2.98. The lowest BCUT2D eigenvalue weighted by Gasteiger charge is -2.03. The van der Waals surface area contributed by atoms with Crippen molar-refractivity contribution in [2.75, 3.05) is 6.61 Å². The van der Waals surface area contributed by atoms with Crippen molar-refractivity contribution in [3.05, 3.63) is 40.3 Å². The first kappa shape index (κ1) is 16.5. The number of nitriles is 1. The molecule has 2 aromatic rings. The Kier molecular flexibility index (Phi) is 5.30. The van der Waals surface area contributed by atoms with Crippen LogP contribution in [0.25, 0.3) is 16.2 Å². The number of hydrogen-bond donors (Lipinski definition) is 0. The van der Waals surface area contributed by atoms with E-state index >= 15 is 0 Å². The van der Waals surface area contributed by atoms with E-state index < -0.39 is 5.97 Å². The number of fused-ring (bicyclic) bond motifs is 1. The molecule has 1 aromatic heterocycles. The molecule has 0 aliphatic rings. The van der Waals surface area contributed by atoms with Crippen LogP contribution in [0.15, 0.2) is 29.2 Å². The number of Topliss-reactive ketones (excluding diaryl/α,β-unsaturated/α-hetero) is 1. The molecule has 5 heteroatoms. The van der Waals surface area contributed by atoms with Crippen LogP contribution < -0.4 is 0 Å². The van der Waals surface area contributed by atoms with E-state index in [-0.39, 0.29) is 18.0 Å². The molecule has 4 nitrogen and oxygen atoms in total. The highest BCUT2D eigenvalue weighted by Gasteiger charge is 2.17. The third kappa shape index (κ3) is 3.66. The number of benzene rings is 1. The fraction of sp³-hybridized carbons (Fsp3) is 0.167. The largest absolute Gasteiger partial charge is 0.449 e. The second-order valence-corrected chi connectivity index (χ2v) is 5.48. The van der Waals surface area contributed by atoms with Crippen LogP contribution in [-0.2, 0) is 14.3 Å². The Labute approximate surface area is 138 Å². The topological polar surface area (TPSA) is 67.2 Å². The van der Waals surface area contributed by atoms with Crippen molar-refractivity contribution < 1.29 is 14.3 Å². The van der Waals surface area contributed by atoms with E-state index in [0.29, 0.717) is 11.1 Å². The molecule has 0 unspecified atom stereocenters. The lowest BCUT2D eigenvalue weighted by molar-refractivity contribution is -0.138. The van der Waals surface area contributed by atoms with E-state index in [9.17, 15) is 9.59 Å². The first-order chi connectivity index (χ1) is 11.1. The van der Waals surface area contributed by atoms with Gasteiger partial charge < -0.3 is 4.74 Å². The Bertz CT molecular complexity index is 904. The van der Waals surface area contributed by atoms with Crippen LogP contribution in [0.2, 0.25) is 0 Å². The summed E-state index contributed by atoms with van der Waals surface area (Å²) in [4.78, 5) is 23.8. The van der Waals surface area contributed by atoms with Crippen LogP contribution in [0.1, 0.15) is 25.0 Å². The van der Waals surface area contributed by atoms with Gasteiger partial charge in [-0.2, -0.15) is 5.26 Å². The fourth-order valence-electron chi connectivity index (χ4n) is 1.99. The zero-order valence-electron chi connectivity index (χ0n) is 12.7. The highest BCUT2D eigenvalue weighted by Crippen LogP contribution is 2.30. The second-order valence-electron chi connectivity index (χ2n) is 4.60. The molecular formula is C18H13NO3S. The lowest BCUT2D eigenvalue weighted by Crippen LogP contribution is -2.13. The van der Waals surface area contributed by atoms with Gasteiger partial charge in [0.25, 0.3) is 0 Å². The van der Waals surface area contributed by atoms with Crippen LogP contribution in [0.4, 0.5) is 0 Å². The molecule has 0 bridgehead atoms. The number of hydrogen-bond acceptors (Lipinski definition) is 5. The zero-order valence-corrected chi connectivity index (χ0v) is 13.5. The molecule has 2 rings (SSSR count). The molecule has 1 aromatic carbocycles. The summed E-state index contributed by atoms with van der Waals surface area (Å²) >= 11 is 1.40. The number of ether oxygens (including phenoxy) is 1. The molecule has 0 N–H and O–H groups in total. The molecule has 0 fully saturated rings. The minimum Gasteiger partial charge on any atom is -0.449 e. The molecule has 0 aliphatic carbocycles. The van der Waals surface area contributed by atoms with E-state index in [1.165, 1.54) is 24.3 Å². The van der Waals surface area contributed by atoms with Gasteiger partial charge in [0, 0.05) is 5.39 Å². The van der Waals surface area contributed by atoms with E-state index in [0.717, 1.165) is 10.1 Å². The smallest absolute Gasteiger partial charge is 0.342 e. The van der Waals surface area contributed by atoms with Crippen LogP contribution in [0, 0.1) is 23.2 Å². The van der Waals surface area contributed by atoms with Crippen molar-refractivity contribution in [2.24, 2.45) is 0 Å². The summed E-state index contributed by atoms with van der Waals surface area (Å²) in [7, 11) is 0. The van der Waals surface area contributed by atoms with Gasteiger partial charge in [-0.1, -0.05) is 18.1 Å². The van der Waals surface area contributed by atoms with Gasteiger partial charge in [0.1, 0.15) is 11.6 Å². The first-order valence-electron chi connectivity index (χ1n) is 6.78. The number of carbonyl (C=O) groups is 2. The third-order valence-corrected chi connectivity index (χ3v) is 4.15. The van der Waals surface area contributed by atoms with Gasteiger partial charge >= 0.3 is 5.97 Å². The van der Waals surface area contributed by atoms with Gasteiger partial charge in [-0.25, -0.2) is 4.79 Å². The van der Waals surface area contributed by atoms with Crippen LogP contribution in [0.5, 0.6) is 0 Å². The molecule has 0 aliphatic heterocycles. The maximum atomic E-state index is 12.0. The van der Waals surface area contributed by atoms with Crippen molar-refractivity contribution in [1.82, 2.24) is 0 Å². The van der Waals surface area contributed by atoms with Crippen molar-refractivity contribution in [2.45, 2.75) is 13.8 Å². The molecule has 0 saturated heterocycles. The summed E-state index contributed by atoms with van der Waals surface area (Å²) < 4.78 is 5.79. The summed E-state index contributed by atoms with van der Waals surface area (Å²) in [6, 6.07) is 7.49. The van der Waals surface area contributed by atoms with Crippen molar-refractivity contribution in [3.8, 4) is 17.9 Å². The van der Waals surface area contributed by atoms with Crippen LogP contribution in [0.3, 0.4) is 0 Å². The molecule has 0 saturated carbocycles. The number of rotatable bonds is 4. The summed E-state index contributed by atoms with van der Waals surface area (Å²) in [6.07, 6.45) is 1.50. The zero-order chi connectivity index (χ0) is 16.8. The van der Waals surface area contributed by atoms with Gasteiger partial charge in [-0.15, -0.1) is 17.3 Å². The Morgan fingerprint density at radius 1 is 1.39 bits per heavy atom. The summed E-state index contributed by atoms with van der Waals surface area (Å²) in [5.74, 6) is 4.15. The number of esters is 1. The van der Waals surface area contributed by atoms with Crippen molar-refractivity contribution in [3.63, 3.8) is 0 Å². The maximum absolute atomic E-state index is 12.0. The number of thiophene rings is 1. The highest BCUT2D eigenvalue weighted by atomic mass is 32.1. The monoisotopic (exact) mass is 323 g/mol. The summed E-state index contributed by atoms with van der Waals surface area (Å²) in [6.45, 7) is 2.90. The second kappa shape index (κ2) is 7.40. The lowest BCUT2D eigenvalue weighted by atomic mass is 10.1. The molecule has 0 spiro atoms. The Morgan fingerprint density at radius 3 is 2.83 bits per heavy atom.